The molecular formula is C18H30O3. The smallest absolute Gasteiger partial charge is 0.164 e. The summed E-state index contributed by atoms with van der Waals surface area (Å²) in [5.74, 6) is -0.339. The lowest BCUT2D eigenvalue weighted by Crippen LogP contribution is -2.56. The van der Waals surface area contributed by atoms with Crippen LogP contribution in [0.15, 0.2) is 12.2 Å². The lowest BCUT2D eigenvalue weighted by atomic mass is 9.51. The first-order chi connectivity index (χ1) is 9.49. The number of carbonyl (C=O) groups is 1. The third-order valence-electron chi connectivity index (χ3n) is 7.20. The van der Waals surface area contributed by atoms with Gasteiger partial charge in [0.15, 0.2) is 5.78 Å². The Hall–Kier alpha value is -0.670. The van der Waals surface area contributed by atoms with Crippen LogP contribution in [0.2, 0.25) is 0 Å². The van der Waals surface area contributed by atoms with E-state index >= 15 is 0 Å². The predicted octanol–water partition coefficient (Wildman–Crippen LogP) is 3.10. The molecule has 0 radical (unpaired) electrons. The molecule has 2 saturated carbocycles. The third-order valence-corrected chi connectivity index (χ3v) is 7.20. The normalized spacial score (nSPS) is 50.0. The van der Waals surface area contributed by atoms with E-state index in [4.69, 9.17) is 0 Å². The largest absolute Gasteiger partial charge is 0.389 e. The Bertz CT molecular complexity index is 481. The molecule has 2 N–H and O–H groups in total. The zero-order chi connectivity index (χ0) is 16.3. The summed E-state index contributed by atoms with van der Waals surface area (Å²) in [5, 5.41) is 20.6. The van der Waals surface area contributed by atoms with Crippen molar-refractivity contribution in [3.05, 3.63) is 12.2 Å². The van der Waals surface area contributed by atoms with Gasteiger partial charge >= 0.3 is 0 Å². The molecule has 0 bridgehead atoms. The molecular weight excluding hydrogens is 264 g/mol. The number of hydrogen-bond acceptors (Lipinski definition) is 3. The van der Waals surface area contributed by atoms with Crippen molar-refractivity contribution in [2.24, 2.45) is 22.2 Å². The van der Waals surface area contributed by atoms with Crippen molar-refractivity contribution in [1.82, 2.24) is 0 Å². The highest BCUT2D eigenvalue weighted by Gasteiger charge is 2.70. The second-order valence-corrected chi connectivity index (χ2v) is 8.19. The summed E-state index contributed by atoms with van der Waals surface area (Å²) in [7, 11) is 0. The van der Waals surface area contributed by atoms with Crippen molar-refractivity contribution in [2.75, 3.05) is 6.61 Å². The average Bonchev–Trinajstić information content (AvgIpc) is 2.60. The monoisotopic (exact) mass is 294 g/mol. The van der Waals surface area contributed by atoms with E-state index in [1.54, 1.807) is 0 Å². The van der Waals surface area contributed by atoms with Crippen LogP contribution in [0.1, 0.15) is 60.3 Å². The standard InChI is InChI=1S/C18H30O3/c1-7-15(3)11-16(4,13(20)10-19)14-17(15,5)9-8-12(2)18(14,6)21/h14,19,21H,2,7-11H2,1,3-6H3/t14?,15-,16+,17?,18-/m0/s1. The summed E-state index contributed by atoms with van der Waals surface area (Å²) in [4.78, 5) is 12.5. The zero-order valence-corrected chi connectivity index (χ0v) is 14.1. The minimum atomic E-state index is -1.06. The maximum absolute atomic E-state index is 12.5. The number of rotatable bonds is 3. The summed E-state index contributed by atoms with van der Waals surface area (Å²) in [5.41, 5.74) is -1.06. The van der Waals surface area contributed by atoms with E-state index in [1.165, 1.54) is 0 Å². The Morgan fingerprint density at radius 3 is 2.38 bits per heavy atom. The van der Waals surface area contributed by atoms with Gasteiger partial charge in [-0.05, 0) is 42.6 Å². The highest BCUT2D eigenvalue weighted by Crippen LogP contribution is 2.72. The van der Waals surface area contributed by atoms with Gasteiger partial charge in [0.25, 0.3) is 0 Å². The van der Waals surface area contributed by atoms with E-state index < -0.39 is 17.6 Å². The van der Waals surface area contributed by atoms with E-state index in [0.717, 1.165) is 31.3 Å². The molecule has 21 heavy (non-hydrogen) atoms. The molecule has 2 rings (SSSR count). The molecule has 5 atom stereocenters. The highest BCUT2D eigenvalue weighted by atomic mass is 16.3. The zero-order valence-electron chi connectivity index (χ0n) is 14.1. The molecule has 0 aromatic rings. The van der Waals surface area contributed by atoms with Crippen LogP contribution >= 0.6 is 0 Å². The Morgan fingerprint density at radius 2 is 1.90 bits per heavy atom. The van der Waals surface area contributed by atoms with Gasteiger partial charge in [-0.25, -0.2) is 0 Å². The summed E-state index contributed by atoms with van der Waals surface area (Å²) < 4.78 is 0. The molecule has 2 aliphatic carbocycles. The molecule has 0 aliphatic heterocycles. The van der Waals surface area contributed by atoms with Gasteiger partial charge in [0.2, 0.25) is 0 Å². The Balaban J connectivity index is 2.67. The summed E-state index contributed by atoms with van der Waals surface area (Å²) in [6.45, 7) is 14.0. The van der Waals surface area contributed by atoms with Crippen LogP contribution in [-0.2, 0) is 4.79 Å². The number of aliphatic hydroxyl groups excluding tert-OH is 1. The lowest BCUT2D eigenvalue weighted by molar-refractivity contribution is -0.146. The predicted molar refractivity (Wildman–Crippen MR) is 83.8 cm³/mol. The highest BCUT2D eigenvalue weighted by molar-refractivity contribution is 5.86. The summed E-state index contributed by atoms with van der Waals surface area (Å²) >= 11 is 0. The van der Waals surface area contributed by atoms with Crippen LogP contribution in [0.3, 0.4) is 0 Å². The van der Waals surface area contributed by atoms with Gasteiger partial charge < -0.3 is 10.2 Å². The van der Waals surface area contributed by atoms with Gasteiger partial charge in [0.05, 0.1) is 5.60 Å². The molecule has 120 valence electrons. The molecule has 3 heteroatoms. The Kier molecular flexibility index (Phi) is 3.71. The summed E-state index contributed by atoms with van der Waals surface area (Å²) in [6.07, 6.45) is 3.45. The van der Waals surface area contributed by atoms with E-state index in [1.807, 2.05) is 13.8 Å². The second-order valence-electron chi connectivity index (χ2n) is 8.19. The third kappa shape index (κ3) is 1.90. The molecule has 3 nitrogen and oxygen atoms in total. The number of fused-ring (bicyclic) bond motifs is 1. The molecule has 2 aliphatic rings. The molecule has 0 spiro atoms. The quantitative estimate of drug-likeness (QED) is 0.786. The maximum Gasteiger partial charge on any atom is 0.164 e. The lowest BCUT2D eigenvalue weighted by Gasteiger charge is -2.55. The topological polar surface area (TPSA) is 57.5 Å². The fourth-order valence-corrected chi connectivity index (χ4v) is 5.69. The van der Waals surface area contributed by atoms with Gasteiger partial charge in [0.1, 0.15) is 6.61 Å². The number of hydrogen-bond donors (Lipinski definition) is 2. The minimum absolute atomic E-state index is 0.0120. The molecule has 0 heterocycles. The summed E-state index contributed by atoms with van der Waals surface area (Å²) in [6, 6.07) is 0. The maximum atomic E-state index is 12.5. The fourth-order valence-electron chi connectivity index (χ4n) is 5.69. The van der Waals surface area contributed by atoms with Crippen LogP contribution in [0, 0.1) is 22.2 Å². The first kappa shape index (κ1) is 16.7. The Morgan fingerprint density at radius 1 is 1.33 bits per heavy atom. The van der Waals surface area contributed by atoms with Crippen LogP contribution in [0.25, 0.3) is 0 Å². The van der Waals surface area contributed by atoms with E-state index in [0.29, 0.717) is 0 Å². The van der Waals surface area contributed by atoms with Crippen LogP contribution in [0.5, 0.6) is 0 Å². The van der Waals surface area contributed by atoms with Gasteiger partial charge in [-0.2, -0.15) is 0 Å². The number of aliphatic hydroxyl groups is 2. The molecule has 0 saturated heterocycles. The van der Waals surface area contributed by atoms with Crippen LogP contribution in [-0.4, -0.2) is 28.2 Å². The van der Waals surface area contributed by atoms with E-state index in [9.17, 15) is 15.0 Å². The molecule has 0 amide bonds. The van der Waals surface area contributed by atoms with Gasteiger partial charge in [-0.3, -0.25) is 4.79 Å². The fraction of sp³-hybridized carbons (Fsp3) is 0.833. The number of ketones is 1. The van der Waals surface area contributed by atoms with Gasteiger partial charge in [0, 0.05) is 11.3 Å². The van der Waals surface area contributed by atoms with Crippen molar-refractivity contribution < 1.29 is 15.0 Å². The van der Waals surface area contributed by atoms with Crippen molar-refractivity contribution >= 4 is 5.78 Å². The minimum Gasteiger partial charge on any atom is -0.389 e. The Labute approximate surface area is 128 Å². The molecule has 0 aromatic heterocycles. The number of Topliss-reactive ketones (excluding diaryl/α,β-unsaturated/α-hetero) is 1. The van der Waals surface area contributed by atoms with E-state index in [2.05, 4.69) is 27.4 Å². The van der Waals surface area contributed by atoms with Gasteiger partial charge in [-0.15, -0.1) is 0 Å². The molecule has 2 fully saturated rings. The SMILES string of the molecule is C=C1CCC2(C)C([C@@]1(C)O)[C@@](C)(C(=O)CO)C[C@]2(C)CC. The first-order valence-corrected chi connectivity index (χ1v) is 8.04. The van der Waals surface area contributed by atoms with Crippen molar-refractivity contribution in [3.8, 4) is 0 Å². The van der Waals surface area contributed by atoms with Crippen molar-refractivity contribution in [1.29, 1.82) is 0 Å². The first-order valence-electron chi connectivity index (χ1n) is 8.04. The van der Waals surface area contributed by atoms with Crippen LogP contribution in [0.4, 0.5) is 0 Å². The average molecular weight is 294 g/mol. The van der Waals surface area contributed by atoms with Crippen molar-refractivity contribution in [2.45, 2.75) is 65.9 Å². The van der Waals surface area contributed by atoms with Crippen molar-refractivity contribution in [3.63, 3.8) is 0 Å². The van der Waals surface area contributed by atoms with Gasteiger partial charge in [-0.1, -0.05) is 40.7 Å². The molecule has 2 unspecified atom stereocenters. The van der Waals surface area contributed by atoms with Crippen LogP contribution < -0.4 is 0 Å². The second kappa shape index (κ2) is 4.66. The molecule has 0 aromatic carbocycles. The number of carbonyl (C=O) groups excluding carboxylic acids is 1. The van der Waals surface area contributed by atoms with E-state index in [-0.39, 0.29) is 22.5 Å².